The van der Waals surface area contributed by atoms with E-state index in [0.29, 0.717) is 6.54 Å². The van der Waals surface area contributed by atoms with Crippen LogP contribution >= 0.6 is 11.6 Å². The summed E-state index contributed by atoms with van der Waals surface area (Å²) >= 11 is 5.99. The van der Waals surface area contributed by atoms with E-state index in [9.17, 15) is 22.8 Å². The molecular weight excluding hydrogens is 422 g/mol. The molecule has 0 heterocycles. The molecule has 0 saturated heterocycles. The maximum absolute atomic E-state index is 12.6. The Labute approximate surface area is 175 Å². The number of ether oxygens (including phenoxy) is 1. The van der Waals surface area contributed by atoms with Gasteiger partial charge in [-0.2, -0.15) is 4.31 Å². The third-order valence-corrected chi connectivity index (χ3v) is 6.13. The van der Waals surface area contributed by atoms with Gasteiger partial charge in [0.05, 0.1) is 15.5 Å². The number of sulfonamides is 1. The van der Waals surface area contributed by atoms with E-state index in [1.165, 1.54) is 16.4 Å². The molecule has 1 rings (SSSR count). The Kier molecular flexibility index (Phi) is 9.54. The third-order valence-electron chi connectivity index (χ3n) is 3.76. The van der Waals surface area contributed by atoms with Gasteiger partial charge in [0.1, 0.15) is 0 Å². The number of halogens is 1. The van der Waals surface area contributed by atoms with Crippen LogP contribution in [0.4, 0.5) is 4.79 Å². The molecule has 162 valence electrons. The lowest BCUT2D eigenvalue weighted by atomic mass is 10.2. The number of rotatable bonds is 9. The van der Waals surface area contributed by atoms with Gasteiger partial charge in [0.2, 0.25) is 10.0 Å². The van der Waals surface area contributed by atoms with Crippen molar-refractivity contribution in [3.8, 4) is 0 Å². The van der Waals surface area contributed by atoms with Gasteiger partial charge in [-0.3, -0.25) is 10.1 Å². The monoisotopic (exact) mass is 447 g/mol. The summed E-state index contributed by atoms with van der Waals surface area (Å²) in [6.07, 6.45) is 0. The highest BCUT2D eigenvalue weighted by atomic mass is 35.5. The van der Waals surface area contributed by atoms with Crippen molar-refractivity contribution >= 4 is 39.5 Å². The van der Waals surface area contributed by atoms with E-state index in [0.717, 1.165) is 6.07 Å². The van der Waals surface area contributed by atoms with Crippen molar-refractivity contribution in [3.63, 3.8) is 0 Å². The van der Waals surface area contributed by atoms with E-state index in [1.807, 2.05) is 19.2 Å². The minimum absolute atomic E-state index is 0.0245. The van der Waals surface area contributed by atoms with Crippen molar-refractivity contribution in [2.75, 3.05) is 26.2 Å². The van der Waals surface area contributed by atoms with E-state index in [1.54, 1.807) is 13.8 Å². The summed E-state index contributed by atoms with van der Waals surface area (Å²) in [4.78, 5) is 35.4. The standard InChI is InChI=1S/C18H26ClN3O6S/c1-5-22(6-2)29(26,27)13-7-8-15(19)14(9-13)17(24)28-11-16(23)21-18(25)20-10-12(3)4/h7-9,12H,5-6,10-11H2,1-4H3,(H2,20,21,23,25). The normalized spacial score (nSPS) is 11.4. The van der Waals surface area contributed by atoms with E-state index in [4.69, 9.17) is 16.3 Å². The molecule has 0 unspecified atom stereocenters. The summed E-state index contributed by atoms with van der Waals surface area (Å²) in [6.45, 7) is 7.36. The number of hydrogen-bond donors (Lipinski definition) is 2. The number of nitrogens with one attached hydrogen (secondary N) is 2. The SMILES string of the molecule is CCN(CC)S(=O)(=O)c1ccc(Cl)c(C(=O)OCC(=O)NC(=O)NCC(C)C)c1. The van der Waals surface area contributed by atoms with Crippen molar-refractivity contribution in [3.05, 3.63) is 28.8 Å². The topological polar surface area (TPSA) is 122 Å². The molecule has 0 spiro atoms. The van der Waals surface area contributed by atoms with Crippen molar-refractivity contribution in [1.82, 2.24) is 14.9 Å². The van der Waals surface area contributed by atoms with Crippen LogP contribution in [0.25, 0.3) is 0 Å². The Morgan fingerprint density at radius 2 is 1.79 bits per heavy atom. The minimum Gasteiger partial charge on any atom is -0.452 e. The second-order valence-corrected chi connectivity index (χ2v) is 8.80. The van der Waals surface area contributed by atoms with Crippen LogP contribution in [0.3, 0.4) is 0 Å². The fourth-order valence-corrected chi connectivity index (χ4v) is 3.93. The smallest absolute Gasteiger partial charge is 0.340 e. The first kappa shape index (κ1) is 24.9. The lowest BCUT2D eigenvalue weighted by molar-refractivity contribution is -0.123. The highest BCUT2D eigenvalue weighted by Crippen LogP contribution is 2.23. The Hall–Kier alpha value is -2.17. The Bertz CT molecular complexity index is 853. The van der Waals surface area contributed by atoms with Crippen LogP contribution in [0.2, 0.25) is 5.02 Å². The highest BCUT2D eigenvalue weighted by Gasteiger charge is 2.24. The molecule has 0 radical (unpaired) electrons. The molecule has 0 aliphatic rings. The van der Waals surface area contributed by atoms with Crippen molar-refractivity contribution in [2.24, 2.45) is 5.92 Å². The fraction of sp³-hybridized carbons (Fsp3) is 0.500. The lowest BCUT2D eigenvalue weighted by Crippen LogP contribution is -2.42. The van der Waals surface area contributed by atoms with Gasteiger partial charge in [0.15, 0.2) is 6.61 Å². The zero-order chi connectivity index (χ0) is 22.2. The zero-order valence-corrected chi connectivity index (χ0v) is 18.4. The number of urea groups is 1. The van der Waals surface area contributed by atoms with Crippen molar-refractivity contribution < 1.29 is 27.5 Å². The van der Waals surface area contributed by atoms with E-state index >= 15 is 0 Å². The quantitative estimate of drug-likeness (QED) is 0.558. The van der Waals surface area contributed by atoms with Gasteiger partial charge in [-0.1, -0.05) is 39.3 Å². The molecule has 9 nitrogen and oxygen atoms in total. The van der Waals surface area contributed by atoms with Gasteiger partial charge in [-0.05, 0) is 24.1 Å². The number of amides is 3. The maximum atomic E-state index is 12.6. The van der Waals surface area contributed by atoms with Crippen LogP contribution in [0.5, 0.6) is 0 Å². The van der Waals surface area contributed by atoms with Gasteiger partial charge in [0.25, 0.3) is 5.91 Å². The van der Waals surface area contributed by atoms with E-state index in [2.05, 4.69) is 5.32 Å². The summed E-state index contributed by atoms with van der Waals surface area (Å²) in [5.74, 6) is -1.61. The number of hydrogen-bond acceptors (Lipinski definition) is 6. The number of nitrogens with zero attached hydrogens (tertiary/aromatic N) is 1. The van der Waals surface area contributed by atoms with E-state index < -0.39 is 34.5 Å². The molecule has 0 saturated carbocycles. The van der Waals surface area contributed by atoms with Crippen LogP contribution in [0.15, 0.2) is 23.1 Å². The number of imide groups is 1. The summed E-state index contributed by atoms with van der Waals surface area (Å²) in [5.41, 5.74) is -0.197. The predicted molar refractivity (Wildman–Crippen MR) is 108 cm³/mol. The zero-order valence-electron chi connectivity index (χ0n) is 16.8. The number of carbonyl (C=O) groups is 3. The number of benzene rings is 1. The van der Waals surface area contributed by atoms with Crippen molar-refractivity contribution in [1.29, 1.82) is 0 Å². The predicted octanol–water partition coefficient (Wildman–Crippen LogP) is 2.01. The fourth-order valence-electron chi connectivity index (χ4n) is 2.25. The molecule has 0 aliphatic carbocycles. The average molecular weight is 448 g/mol. The molecule has 11 heteroatoms. The molecule has 0 atom stereocenters. The third kappa shape index (κ3) is 7.30. The van der Waals surface area contributed by atoms with Crippen LogP contribution in [0, 0.1) is 5.92 Å². The van der Waals surface area contributed by atoms with Crippen LogP contribution in [-0.4, -0.2) is 56.9 Å². The summed E-state index contributed by atoms with van der Waals surface area (Å²) in [7, 11) is -3.80. The summed E-state index contributed by atoms with van der Waals surface area (Å²) in [5, 5.41) is 4.48. The molecule has 29 heavy (non-hydrogen) atoms. The molecule has 3 amide bonds. The molecule has 1 aromatic rings. The highest BCUT2D eigenvalue weighted by molar-refractivity contribution is 7.89. The lowest BCUT2D eigenvalue weighted by Gasteiger charge is -2.19. The van der Waals surface area contributed by atoms with Crippen molar-refractivity contribution in [2.45, 2.75) is 32.6 Å². The molecule has 0 aromatic heterocycles. The van der Waals surface area contributed by atoms with Gasteiger partial charge < -0.3 is 10.1 Å². The van der Waals surface area contributed by atoms with Crippen LogP contribution < -0.4 is 10.6 Å². The van der Waals surface area contributed by atoms with E-state index in [-0.39, 0.29) is 34.5 Å². The second kappa shape index (κ2) is 11.1. The minimum atomic E-state index is -3.80. The average Bonchev–Trinajstić information content (AvgIpc) is 2.65. The molecule has 0 aliphatic heterocycles. The maximum Gasteiger partial charge on any atom is 0.340 e. The first-order valence-electron chi connectivity index (χ1n) is 9.07. The molecular formula is C18H26ClN3O6S. The van der Waals surface area contributed by atoms with Gasteiger partial charge in [-0.15, -0.1) is 0 Å². The molecule has 0 bridgehead atoms. The first-order chi connectivity index (χ1) is 13.5. The largest absolute Gasteiger partial charge is 0.452 e. The molecule has 0 fully saturated rings. The second-order valence-electron chi connectivity index (χ2n) is 6.46. The summed E-state index contributed by atoms with van der Waals surface area (Å²) < 4.78 is 31.3. The van der Waals surface area contributed by atoms with Gasteiger partial charge in [0, 0.05) is 19.6 Å². The number of carbonyl (C=O) groups excluding carboxylic acids is 3. The summed E-state index contributed by atoms with van der Waals surface area (Å²) in [6, 6.07) is 2.96. The molecule has 1 aromatic carbocycles. The molecule has 2 N–H and O–H groups in total. The first-order valence-corrected chi connectivity index (χ1v) is 10.9. The van der Waals surface area contributed by atoms with Gasteiger partial charge >= 0.3 is 12.0 Å². The Morgan fingerprint density at radius 3 is 2.34 bits per heavy atom. The van der Waals surface area contributed by atoms with Crippen LogP contribution in [0.1, 0.15) is 38.1 Å². The van der Waals surface area contributed by atoms with Gasteiger partial charge in [-0.25, -0.2) is 18.0 Å². The number of esters is 1. The Balaban J connectivity index is 2.82. The van der Waals surface area contributed by atoms with Crippen LogP contribution in [-0.2, 0) is 19.6 Å². The Morgan fingerprint density at radius 1 is 1.17 bits per heavy atom.